The number of quaternary nitrogens is 1. The van der Waals surface area contributed by atoms with E-state index in [9.17, 15) is 14.8 Å². The molecule has 3 heterocycles. The third-order valence-corrected chi connectivity index (χ3v) is 7.81. The van der Waals surface area contributed by atoms with Crippen LogP contribution in [0.25, 0.3) is 22.6 Å². The maximum absolute atomic E-state index is 13.7. The van der Waals surface area contributed by atoms with E-state index in [-0.39, 0.29) is 17.8 Å². The topological polar surface area (TPSA) is 172 Å². The SMILES string of the molecule is C=C(N)NCCCC(C(N)=O)n1c(-c2ccc([NH2+]O)o2)nc2cc(C(=O)N3CCN(c4cccc(C)c4)C(C)C3)ccc21. The summed E-state index contributed by atoms with van der Waals surface area (Å²) in [4.78, 5) is 35.4. The van der Waals surface area contributed by atoms with E-state index in [2.05, 4.69) is 54.9 Å². The lowest BCUT2D eigenvalue weighted by molar-refractivity contribution is -0.833. The number of carbonyl (C=O) groups is 2. The maximum Gasteiger partial charge on any atom is 0.326 e. The van der Waals surface area contributed by atoms with Gasteiger partial charge in [-0.15, -0.1) is 5.48 Å². The lowest BCUT2D eigenvalue weighted by Gasteiger charge is -2.41. The Labute approximate surface area is 249 Å². The second kappa shape index (κ2) is 12.6. The van der Waals surface area contributed by atoms with E-state index in [1.807, 2.05) is 4.90 Å². The minimum absolute atomic E-state index is 0.0801. The Morgan fingerprint density at radius 3 is 2.67 bits per heavy atom. The van der Waals surface area contributed by atoms with Crippen LogP contribution < -0.4 is 27.2 Å². The van der Waals surface area contributed by atoms with E-state index < -0.39 is 11.9 Å². The summed E-state index contributed by atoms with van der Waals surface area (Å²) in [6.45, 7) is 10.3. The molecule has 8 N–H and O–H groups in total. The Hall–Kier alpha value is -4.81. The van der Waals surface area contributed by atoms with E-state index in [0.717, 1.165) is 17.7 Å². The molecule has 1 saturated heterocycles. The molecule has 0 spiro atoms. The third-order valence-electron chi connectivity index (χ3n) is 7.81. The van der Waals surface area contributed by atoms with Crippen LogP contribution in [0.1, 0.15) is 41.7 Å². The second-order valence-corrected chi connectivity index (χ2v) is 11.0. The van der Waals surface area contributed by atoms with Crippen LogP contribution in [0.15, 0.2) is 71.4 Å². The highest BCUT2D eigenvalue weighted by Crippen LogP contribution is 2.33. The number of benzene rings is 2. The van der Waals surface area contributed by atoms with Crippen LogP contribution in [0.2, 0.25) is 0 Å². The van der Waals surface area contributed by atoms with Crippen molar-refractivity contribution < 1.29 is 24.7 Å². The summed E-state index contributed by atoms with van der Waals surface area (Å²) in [6.07, 6.45) is 0.984. The van der Waals surface area contributed by atoms with Crippen LogP contribution >= 0.6 is 0 Å². The molecule has 4 aromatic rings. The first-order valence-corrected chi connectivity index (χ1v) is 14.4. The molecular weight excluding hydrogens is 548 g/mol. The number of piperazine rings is 1. The number of anilines is 1. The average molecular weight is 588 g/mol. The van der Waals surface area contributed by atoms with Crippen molar-refractivity contribution in [1.82, 2.24) is 19.8 Å². The summed E-state index contributed by atoms with van der Waals surface area (Å²) in [5.41, 5.74) is 16.4. The molecule has 12 nitrogen and oxygen atoms in total. The van der Waals surface area contributed by atoms with Crippen LogP contribution in [0.5, 0.6) is 0 Å². The zero-order valence-electron chi connectivity index (χ0n) is 24.5. The Bertz CT molecular complexity index is 1640. The van der Waals surface area contributed by atoms with Gasteiger partial charge in [-0.3, -0.25) is 9.59 Å². The van der Waals surface area contributed by atoms with Gasteiger partial charge in [0.15, 0.2) is 11.6 Å². The van der Waals surface area contributed by atoms with Gasteiger partial charge in [0, 0.05) is 49.5 Å². The number of imidazole rings is 1. The number of nitrogens with one attached hydrogen (secondary N) is 1. The molecule has 2 aromatic heterocycles. The number of primary amides is 1. The summed E-state index contributed by atoms with van der Waals surface area (Å²) in [6, 6.07) is 16.4. The predicted molar refractivity (Wildman–Crippen MR) is 163 cm³/mol. The van der Waals surface area contributed by atoms with Crippen LogP contribution in [-0.2, 0) is 4.79 Å². The van der Waals surface area contributed by atoms with Gasteiger partial charge in [-0.05, 0) is 68.7 Å². The fraction of sp³-hybridized carbons (Fsp3) is 0.323. The van der Waals surface area contributed by atoms with Gasteiger partial charge in [0.05, 0.1) is 16.9 Å². The smallest absolute Gasteiger partial charge is 0.326 e. The number of amides is 2. The average Bonchev–Trinajstić information content (AvgIpc) is 3.61. The summed E-state index contributed by atoms with van der Waals surface area (Å²) in [5, 5.41) is 12.4. The van der Waals surface area contributed by atoms with E-state index in [4.69, 9.17) is 20.9 Å². The van der Waals surface area contributed by atoms with E-state index in [1.165, 1.54) is 5.56 Å². The van der Waals surface area contributed by atoms with Crippen LogP contribution in [-0.4, -0.2) is 63.7 Å². The number of nitrogens with two attached hydrogens (primary N) is 3. The van der Waals surface area contributed by atoms with Crippen molar-refractivity contribution >= 4 is 34.4 Å². The standard InChI is InChI=1S/C31H38N8O4/c1-19-6-4-7-23(16-19)38-15-14-37(18-20(38)2)31(41)22-9-10-25-24(17-22)35-30(27-11-12-28(36-42)43-27)39(25)26(29(33)40)8-5-13-34-21(3)32/h4,6-7,9-12,16-17,20,26,34,36,42H,3,5,8,13-15,18,32H2,1-2H3,(H2,33,40)/p+1. The van der Waals surface area contributed by atoms with Gasteiger partial charge >= 0.3 is 5.88 Å². The molecule has 43 heavy (non-hydrogen) atoms. The molecule has 1 aliphatic rings. The molecule has 2 unspecified atom stereocenters. The van der Waals surface area contributed by atoms with Gasteiger partial charge in [0.1, 0.15) is 6.04 Å². The van der Waals surface area contributed by atoms with Gasteiger partial charge in [-0.25, -0.2) is 10.2 Å². The van der Waals surface area contributed by atoms with Gasteiger partial charge in [0.25, 0.3) is 5.91 Å². The van der Waals surface area contributed by atoms with Gasteiger partial charge < -0.3 is 35.6 Å². The highest BCUT2D eigenvalue weighted by molar-refractivity contribution is 5.98. The normalized spacial score (nSPS) is 15.9. The molecule has 2 aromatic carbocycles. The van der Waals surface area contributed by atoms with Crippen molar-refractivity contribution in [1.29, 1.82) is 0 Å². The molecule has 0 bridgehead atoms. The van der Waals surface area contributed by atoms with Gasteiger partial charge in [-0.1, -0.05) is 18.7 Å². The Morgan fingerprint density at radius 1 is 1.19 bits per heavy atom. The fourth-order valence-corrected chi connectivity index (χ4v) is 5.72. The minimum Gasteiger partial charge on any atom is -0.407 e. The number of hydrogen-bond donors (Lipinski definition) is 5. The summed E-state index contributed by atoms with van der Waals surface area (Å²) in [5.74, 6) is 0.690. The molecule has 0 aliphatic carbocycles. The van der Waals surface area contributed by atoms with Crippen molar-refractivity contribution in [2.24, 2.45) is 11.5 Å². The molecule has 226 valence electrons. The van der Waals surface area contributed by atoms with Crippen molar-refractivity contribution in [3.63, 3.8) is 0 Å². The largest absolute Gasteiger partial charge is 0.407 e. The van der Waals surface area contributed by atoms with Crippen molar-refractivity contribution in [2.45, 2.75) is 38.8 Å². The van der Waals surface area contributed by atoms with E-state index in [1.54, 1.807) is 34.9 Å². The number of fused-ring (bicyclic) bond motifs is 1. The molecule has 1 fully saturated rings. The van der Waals surface area contributed by atoms with E-state index >= 15 is 0 Å². The first-order chi connectivity index (χ1) is 20.7. The molecule has 2 atom stereocenters. The second-order valence-electron chi connectivity index (χ2n) is 11.0. The maximum atomic E-state index is 13.7. The number of carbonyl (C=O) groups excluding carboxylic acids is 2. The summed E-state index contributed by atoms with van der Waals surface area (Å²) >= 11 is 0. The number of hydrogen-bond acceptors (Lipinski definition) is 8. The molecule has 1 aliphatic heterocycles. The zero-order chi connectivity index (χ0) is 30.7. The minimum atomic E-state index is -0.753. The number of furan rings is 1. The zero-order valence-corrected chi connectivity index (χ0v) is 24.5. The number of aromatic nitrogens is 2. The quantitative estimate of drug-likeness (QED) is 0.131. The lowest BCUT2D eigenvalue weighted by atomic mass is 10.1. The molecule has 2 amide bonds. The molecule has 0 radical (unpaired) electrons. The Balaban J connectivity index is 1.44. The molecule has 5 rings (SSSR count). The van der Waals surface area contributed by atoms with Crippen molar-refractivity contribution in [2.75, 3.05) is 31.1 Å². The fourth-order valence-electron chi connectivity index (χ4n) is 5.72. The first-order valence-electron chi connectivity index (χ1n) is 14.4. The van der Waals surface area contributed by atoms with Crippen LogP contribution in [0.3, 0.4) is 0 Å². The van der Waals surface area contributed by atoms with Crippen LogP contribution in [0.4, 0.5) is 11.6 Å². The summed E-state index contributed by atoms with van der Waals surface area (Å²) < 4.78 is 7.50. The monoisotopic (exact) mass is 587 g/mol. The van der Waals surface area contributed by atoms with Crippen molar-refractivity contribution in [3.05, 3.63) is 78.1 Å². The Kier molecular flexibility index (Phi) is 8.69. The highest BCUT2D eigenvalue weighted by Gasteiger charge is 2.30. The number of rotatable bonds is 11. The first kappa shape index (κ1) is 29.7. The van der Waals surface area contributed by atoms with E-state index in [0.29, 0.717) is 66.5 Å². The number of aryl methyl sites for hydroxylation is 1. The van der Waals surface area contributed by atoms with Crippen molar-refractivity contribution in [3.8, 4) is 11.6 Å². The third kappa shape index (κ3) is 6.35. The van der Waals surface area contributed by atoms with Gasteiger partial charge in [-0.2, -0.15) is 0 Å². The predicted octanol–water partition coefficient (Wildman–Crippen LogP) is 2.37. The Morgan fingerprint density at radius 2 is 2.00 bits per heavy atom. The molecular formula is C31H39N8O4+. The van der Waals surface area contributed by atoms with Crippen LogP contribution in [0, 0.1) is 6.92 Å². The highest BCUT2D eigenvalue weighted by atomic mass is 16.5. The van der Waals surface area contributed by atoms with Gasteiger partial charge in [0.2, 0.25) is 5.91 Å². The number of nitrogens with zero attached hydrogens (tertiary/aromatic N) is 4. The molecule has 0 saturated carbocycles. The lowest BCUT2D eigenvalue weighted by Crippen LogP contribution is -2.73. The summed E-state index contributed by atoms with van der Waals surface area (Å²) in [7, 11) is 0. The molecule has 12 heteroatoms.